The first kappa shape index (κ1) is 13.2. The molecule has 0 unspecified atom stereocenters. The second kappa shape index (κ2) is 6.08. The van der Waals surface area contributed by atoms with Crippen LogP contribution in [0.2, 0.25) is 0 Å². The number of nitrogen functional groups attached to an aromatic ring is 1. The van der Waals surface area contributed by atoms with E-state index in [0.29, 0.717) is 22.9 Å². The van der Waals surface area contributed by atoms with Gasteiger partial charge in [0.05, 0.1) is 5.75 Å². The van der Waals surface area contributed by atoms with Crippen LogP contribution in [0.5, 0.6) is 0 Å². The van der Waals surface area contributed by atoms with Crippen LogP contribution in [0, 0.1) is 5.92 Å². The molecule has 7 heteroatoms. The molecule has 1 heterocycles. The van der Waals surface area contributed by atoms with Crippen molar-refractivity contribution in [1.29, 1.82) is 0 Å². The molecule has 18 heavy (non-hydrogen) atoms. The van der Waals surface area contributed by atoms with Gasteiger partial charge in [-0.1, -0.05) is 31.5 Å². The average Bonchev–Trinajstić information content (AvgIpc) is 2.75. The molecule has 2 atom stereocenters. The van der Waals surface area contributed by atoms with Gasteiger partial charge in [0.2, 0.25) is 11.1 Å². The van der Waals surface area contributed by atoms with Crippen LogP contribution in [0.1, 0.15) is 32.6 Å². The Labute approximate surface area is 111 Å². The average molecular weight is 269 g/mol. The Bertz CT molecular complexity index is 408. The number of rotatable bonds is 4. The lowest BCUT2D eigenvalue weighted by molar-refractivity contribution is -0.119. The van der Waals surface area contributed by atoms with Gasteiger partial charge in [0.1, 0.15) is 6.33 Å². The lowest BCUT2D eigenvalue weighted by atomic mass is 9.86. The third-order valence-corrected chi connectivity index (χ3v) is 4.29. The van der Waals surface area contributed by atoms with Gasteiger partial charge in [-0.2, -0.15) is 0 Å². The topological polar surface area (TPSA) is 85.8 Å². The number of thioether (sulfide) groups is 1. The largest absolute Gasteiger partial charge is 0.352 e. The summed E-state index contributed by atoms with van der Waals surface area (Å²) in [4.78, 5) is 11.8. The van der Waals surface area contributed by atoms with Gasteiger partial charge in [0, 0.05) is 6.04 Å². The molecule has 0 spiro atoms. The number of hydrogen-bond acceptors (Lipinski definition) is 5. The van der Waals surface area contributed by atoms with Gasteiger partial charge in [-0.15, -0.1) is 10.2 Å². The van der Waals surface area contributed by atoms with Crippen molar-refractivity contribution in [2.45, 2.75) is 43.8 Å². The highest BCUT2D eigenvalue weighted by Crippen LogP contribution is 2.23. The molecular formula is C11H19N5OS. The highest BCUT2D eigenvalue weighted by molar-refractivity contribution is 7.99. The number of hydrogen-bond donors (Lipinski definition) is 2. The number of carbonyl (C=O) groups is 1. The summed E-state index contributed by atoms with van der Waals surface area (Å²) < 4.78 is 1.32. The summed E-state index contributed by atoms with van der Waals surface area (Å²) in [5, 5.41) is 11.1. The van der Waals surface area contributed by atoms with E-state index in [1.807, 2.05) is 0 Å². The van der Waals surface area contributed by atoms with Gasteiger partial charge in [-0.25, -0.2) is 4.68 Å². The Balaban J connectivity index is 1.76. The SMILES string of the molecule is C[C@H]1CCCC[C@H]1NC(=O)CSc1nncn1N. The van der Waals surface area contributed by atoms with Crippen LogP contribution in [0.15, 0.2) is 11.5 Å². The van der Waals surface area contributed by atoms with Crippen LogP contribution < -0.4 is 11.2 Å². The molecule has 1 aliphatic carbocycles. The van der Waals surface area contributed by atoms with Gasteiger partial charge in [0.25, 0.3) is 0 Å². The highest BCUT2D eigenvalue weighted by atomic mass is 32.2. The zero-order valence-electron chi connectivity index (χ0n) is 10.5. The molecule has 100 valence electrons. The van der Waals surface area contributed by atoms with Crippen molar-refractivity contribution in [3.05, 3.63) is 6.33 Å². The van der Waals surface area contributed by atoms with Crippen LogP contribution in [0.3, 0.4) is 0 Å². The third kappa shape index (κ3) is 3.38. The highest BCUT2D eigenvalue weighted by Gasteiger charge is 2.22. The molecular weight excluding hydrogens is 250 g/mol. The predicted molar refractivity (Wildman–Crippen MR) is 70.5 cm³/mol. The van der Waals surface area contributed by atoms with Crippen LogP contribution in [-0.4, -0.2) is 32.6 Å². The van der Waals surface area contributed by atoms with E-state index in [2.05, 4.69) is 22.4 Å². The molecule has 1 saturated carbocycles. The number of nitrogens with zero attached hydrogens (tertiary/aromatic N) is 3. The lowest BCUT2D eigenvalue weighted by Gasteiger charge is -2.29. The molecule has 0 aliphatic heterocycles. The van der Waals surface area contributed by atoms with Crippen molar-refractivity contribution in [2.24, 2.45) is 5.92 Å². The molecule has 0 aromatic carbocycles. The molecule has 6 nitrogen and oxygen atoms in total. The van der Waals surface area contributed by atoms with E-state index >= 15 is 0 Å². The van der Waals surface area contributed by atoms with E-state index in [-0.39, 0.29) is 5.91 Å². The molecule has 0 saturated heterocycles. The van der Waals surface area contributed by atoms with Gasteiger partial charge in [-0.3, -0.25) is 4.79 Å². The molecule has 1 aromatic rings. The Morgan fingerprint density at radius 2 is 2.39 bits per heavy atom. The molecule has 1 fully saturated rings. The summed E-state index contributed by atoms with van der Waals surface area (Å²) >= 11 is 1.30. The van der Waals surface area contributed by atoms with Crippen LogP contribution >= 0.6 is 11.8 Å². The van der Waals surface area contributed by atoms with Crippen molar-refractivity contribution in [2.75, 3.05) is 11.6 Å². The second-order valence-electron chi connectivity index (χ2n) is 4.75. The summed E-state index contributed by atoms with van der Waals surface area (Å²) in [5.41, 5.74) is 0. The fourth-order valence-corrected chi connectivity index (χ4v) is 2.89. The number of nitrogens with one attached hydrogen (secondary N) is 1. The minimum Gasteiger partial charge on any atom is -0.352 e. The lowest BCUT2D eigenvalue weighted by Crippen LogP contribution is -2.41. The van der Waals surface area contributed by atoms with Crippen molar-refractivity contribution < 1.29 is 4.79 Å². The van der Waals surface area contributed by atoms with Gasteiger partial charge >= 0.3 is 0 Å². The van der Waals surface area contributed by atoms with Crippen molar-refractivity contribution >= 4 is 17.7 Å². The maximum atomic E-state index is 11.8. The summed E-state index contributed by atoms with van der Waals surface area (Å²) in [6, 6.07) is 0.322. The van der Waals surface area contributed by atoms with E-state index < -0.39 is 0 Å². The summed E-state index contributed by atoms with van der Waals surface area (Å²) in [6.07, 6.45) is 6.20. The first-order chi connectivity index (χ1) is 8.66. The molecule has 1 amide bonds. The standard InChI is InChI=1S/C11H19N5OS/c1-8-4-2-3-5-9(8)14-10(17)6-18-11-15-13-7-16(11)12/h7-9H,2-6,12H2,1H3,(H,14,17)/t8-,9+/m0/s1. The van der Waals surface area contributed by atoms with E-state index in [0.717, 1.165) is 6.42 Å². The van der Waals surface area contributed by atoms with Crippen molar-refractivity contribution in [1.82, 2.24) is 20.2 Å². The third-order valence-electron chi connectivity index (χ3n) is 3.33. The van der Waals surface area contributed by atoms with Gasteiger partial charge in [-0.05, 0) is 18.8 Å². The fourth-order valence-electron chi connectivity index (χ4n) is 2.24. The Morgan fingerprint density at radius 1 is 1.61 bits per heavy atom. The van der Waals surface area contributed by atoms with Crippen LogP contribution in [-0.2, 0) is 4.79 Å². The number of amides is 1. The van der Waals surface area contributed by atoms with Crippen molar-refractivity contribution in [3.63, 3.8) is 0 Å². The fraction of sp³-hybridized carbons (Fsp3) is 0.727. The monoisotopic (exact) mass is 269 g/mol. The summed E-state index contributed by atoms with van der Waals surface area (Å²) in [6.45, 7) is 2.20. The van der Waals surface area contributed by atoms with E-state index in [4.69, 9.17) is 5.84 Å². The van der Waals surface area contributed by atoms with E-state index in [9.17, 15) is 4.79 Å². The summed E-state index contributed by atoms with van der Waals surface area (Å²) in [7, 11) is 0. The zero-order valence-corrected chi connectivity index (χ0v) is 11.3. The Kier molecular flexibility index (Phi) is 4.46. The zero-order chi connectivity index (χ0) is 13.0. The predicted octanol–water partition coefficient (Wildman–Crippen LogP) is 0.779. The molecule has 1 aromatic heterocycles. The number of nitrogens with two attached hydrogens (primary N) is 1. The second-order valence-corrected chi connectivity index (χ2v) is 5.69. The minimum atomic E-state index is 0.0433. The molecule has 2 rings (SSSR count). The van der Waals surface area contributed by atoms with E-state index in [1.54, 1.807) is 0 Å². The minimum absolute atomic E-state index is 0.0433. The first-order valence-corrected chi connectivity index (χ1v) is 7.22. The molecule has 0 radical (unpaired) electrons. The molecule has 0 bridgehead atoms. The van der Waals surface area contributed by atoms with Crippen LogP contribution in [0.4, 0.5) is 0 Å². The van der Waals surface area contributed by atoms with Gasteiger partial charge in [0.15, 0.2) is 0 Å². The Hall–Kier alpha value is -1.24. The van der Waals surface area contributed by atoms with Gasteiger partial charge < -0.3 is 11.2 Å². The molecule has 1 aliphatic rings. The maximum absolute atomic E-state index is 11.8. The maximum Gasteiger partial charge on any atom is 0.230 e. The Morgan fingerprint density at radius 3 is 3.06 bits per heavy atom. The smallest absolute Gasteiger partial charge is 0.230 e. The van der Waals surface area contributed by atoms with Crippen molar-refractivity contribution in [3.8, 4) is 0 Å². The first-order valence-electron chi connectivity index (χ1n) is 6.24. The quantitative estimate of drug-likeness (QED) is 0.623. The molecule has 3 N–H and O–H groups in total. The van der Waals surface area contributed by atoms with Crippen LogP contribution in [0.25, 0.3) is 0 Å². The summed E-state index contributed by atoms with van der Waals surface area (Å²) in [5.74, 6) is 6.52. The number of carbonyl (C=O) groups excluding carboxylic acids is 1. The van der Waals surface area contributed by atoms with E-state index in [1.165, 1.54) is 42.0 Å². The normalized spacial score (nSPS) is 23.8. The number of aromatic nitrogens is 3.